The van der Waals surface area contributed by atoms with Crippen molar-refractivity contribution in [1.29, 1.82) is 0 Å². The summed E-state index contributed by atoms with van der Waals surface area (Å²) in [5, 5.41) is 5.77. The van der Waals surface area contributed by atoms with Crippen molar-refractivity contribution >= 4 is 35.6 Å². The Morgan fingerprint density at radius 2 is 1.83 bits per heavy atom. The molecule has 2 N–H and O–H groups in total. The number of pyridine rings is 1. The molecule has 0 aliphatic heterocycles. The average molecular weight is 440 g/mol. The van der Waals surface area contributed by atoms with E-state index < -0.39 is 17.7 Å². The van der Waals surface area contributed by atoms with Gasteiger partial charge in [-0.2, -0.15) is 0 Å². The summed E-state index contributed by atoms with van der Waals surface area (Å²) in [6.07, 6.45) is 4.79. The number of amides is 1. The van der Waals surface area contributed by atoms with Crippen molar-refractivity contribution in [2.75, 3.05) is 38.4 Å². The smallest absolute Gasteiger partial charge is 0.407 e. The van der Waals surface area contributed by atoms with E-state index in [2.05, 4.69) is 20.4 Å². The van der Waals surface area contributed by atoms with Crippen molar-refractivity contribution in [1.82, 2.24) is 10.3 Å². The van der Waals surface area contributed by atoms with Gasteiger partial charge in [-0.15, -0.1) is 11.8 Å². The van der Waals surface area contributed by atoms with Gasteiger partial charge in [0.25, 0.3) is 0 Å². The molecule has 1 rings (SSSR count). The first kappa shape index (κ1) is 25.3. The van der Waals surface area contributed by atoms with E-state index in [4.69, 9.17) is 9.47 Å². The van der Waals surface area contributed by atoms with Crippen LogP contribution in [-0.4, -0.2) is 61.7 Å². The Bertz CT molecular complexity index is 761. The summed E-state index contributed by atoms with van der Waals surface area (Å²) < 4.78 is 14.5. The maximum atomic E-state index is 11.8. The van der Waals surface area contributed by atoms with Crippen LogP contribution in [0.3, 0.4) is 0 Å². The number of thioether (sulfide) groups is 1. The molecular formula is C20H29N3O6S. The molecule has 0 unspecified atom stereocenters. The van der Waals surface area contributed by atoms with Crippen LogP contribution in [-0.2, 0) is 19.0 Å². The van der Waals surface area contributed by atoms with E-state index in [0.29, 0.717) is 35.1 Å². The molecule has 30 heavy (non-hydrogen) atoms. The second-order valence-electron chi connectivity index (χ2n) is 6.97. The number of esters is 2. The van der Waals surface area contributed by atoms with Crippen molar-refractivity contribution in [3.8, 4) is 0 Å². The minimum Gasteiger partial charge on any atom is -0.469 e. The van der Waals surface area contributed by atoms with Crippen LogP contribution in [0.1, 0.15) is 37.6 Å². The molecule has 0 fully saturated rings. The molecular weight excluding hydrogens is 410 g/mol. The van der Waals surface area contributed by atoms with Crippen LogP contribution in [0, 0.1) is 0 Å². The van der Waals surface area contributed by atoms with Crippen LogP contribution < -0.4 is 10.6 Å². The molecule has 1 amide bonds. The van der Waals surface area contributed by atoms with Gasteiger partial charge in [0.2, 0.25) is 0 Å². The van der Waals surface area contributed by atoms with Crippen molar-refractivity contribution in [3.05, 3.63) is 30.0 Å². The molecule has 0 spiro atoms. The first-order valence-electron chi connectivity index (χ1n) is 9.30. The van der Waals surface area contributed by atoms with E-state index >= 15 is 0 Å². The molecule has 0 saturated heterocycles. The zero-order valence-electron chi connectivity index (χ0n) is 17.9. The lowest BCUT2D eigenvalue weighted by Crippen LogP contribution is -2.32. The summed E-state index contributed by atoms with van der Waals surface area (Å²) in [4.78, 5) is 39.6. The van der Waals surface area contributed by atoms with Gasteiger partial charge in [-0.3, -0.25) is 4.79 Å². The predicted octanol–water partition coefficient (Wildman–Crippen LogP) is 3.02. The Hall–Kier alpha value is -2.75. The zero-order chi connectivity index (χ0) is 22.6. The second kappa shape index (κ2) is 12.7. The molecule has 0 aromatic carbocycles. The van der Waals surface area contributed by atoms with E-state index in [1.165, 1.54) is 32.2 Å². The Kier molecular flexibility index (Phi) is 10.7. The fraction of sp³-hybridized carbons (Fsp3) is 0.500. The summed E-state index contributed by atoms with van der Waals surface area (Å²) in [5.41, 5.74) is -0.222. The topological polar surface area (TPSA) is 116 Å². The molecule has 0 atom stereocenters. The largest absolute Gasteiger partial charge is 0.469 e. The summed E-state index contributed by atoms with van der Waals surface area (Å²) in [6, 6.07) is 1.66. The third-order valence-electron chi connectivity index (χ3n) is 3.38. The van der Waals surface area contributed by atoms with E-state index in [1.807, 2.05) is 6.08 Å². The number of nitrogens with one attached hydrogen (secondary N) is 2. The molecule has 1 aromatic rings. The Balaban J connectivity index is 2.62. The highest BCUT2D eigenvalue weighted by Gasteiger charge is 2.15. The summed E-state index contributed by atoms with van der Waals surface area (Å²) in [5.74, 6) is 0.248. The fourth-order valence-electron chi connectivity index (χ4n) is 2.04. The van der Waals surface area contributed by atoms with Gasteiger partial charge in [-0.25, -0.2) is 14.6 Å². The molecule has 0 aliphatic carbocycles. The maximum absolute atomic E-state index is 11.8. The Labute approximate surface area is 180 Å². The third kappa shape index (κ3) is 10.1. The van der Waals surface area contributed by atoms with Gasteiger partial charge in [0.05, 0.1) is 31.1 Å². The molecule has 0 saturated carbocycles. The van der Waals surface area contributed by atoms with Crippen molar-refractivity contribution in [3.63, 3.8) is 0 Å². The van der Waals surface area contributed by atoms with Crippen molar-refractivity contribution in [2.24, 2.45) is 0 Å². The number of methoxy groups -OCH3 is 2. The Morgan fingerprint density at radius 3 is 2.47 bits per heavy atom. The normalized spacial score (nSPS) is 11.1. The van der Waals surface area contributed by atoms with Crippen LogP contribution in [0.5, 0.6) is 0 Å². The standard InChI is InChI=1S/C20H29N3O6S/c1-20(2,3)29-19(26)22-10-7-6-9-21-17-15(30-11-8-16(24)27-4)12-14(13-23-17)18(25)28-5/h6-7,12-13H,8-11H2,1-5H3,(H,21,23)(H,22,26). The SMILES string of the molecule is COC(=O)CCSc1cc(C(=O)OC)cnc1NCC=CCNC(=O)OC(C)(C)C. The number of hydrogen-bond donors (Lipinski definition) is 2. The lowest BCUT2D eigenvalue weighted by Gasteiger charge is -2.19. The number of carbonyl (C=O) groups is 3. The third-order valence-corrected chi connectivity index (χ3v) is 4.41. The molecule has 166 valence electrons. The number of carbonyl (C=O) groups excluding carboxylic acids is 3. The minimum atomic E-state index is -0.542. The number of nitrogens with zero attached hydrogens (tertiary/aromatic N) is 1. The van der Waals surface area contributed by atoms with Crippen LogP contribution in [0.4, 0.5) is 10.6 Å². The zero-order valence-corrected chi connectivity index (χ0v) is 18.8. The molecule has 1 aromatic heterocycles. The summed E-state index contributed by atoms with van der Waals surface area (Å²) in [7, 11) is 2.64. The van der Waals surface area contributed by atoms with E-state index in [-0.39, 0.29) is 12.4 Å². The maximum Gasteiger partial charge on any atom is 0.407 e. The van der Waals surface area contributed by atoms with Gasteiger partial charge in [0.1, 0.15) is 11.4 Å². The highest BCUT2D eigenvalue weighted by atomic mass is 32.2. The monoisotopic (exact) mass is 439 g/mol. The van der Waals surface area contributed by atoms with Crippen LogP contribution in [0.2, 0.25) is 0 Å². The van der Waals surface area contributed by atoms with Crippen molar-refractivity contribution in [2.45, 2.75) is 37.7 Å². The lowest BCUT2D eigenvalue weighted by molar-refractivity contribution is -0.140. The summed E-state index contributed by atoms with van der Waals surface area (Å²) in [6.45, 7) is 6.17. The minimum absolute atomic E-state index is 0.235. The summed E-state index contributed by atoms with van der Waals surface area (Å²) >= 11 is 1.38. The number of rotatable bonds is 10. The fourth-order valence-corrected chi connectivity index (χ4v) is 3.00. The molecule has 0 radical (unpaired) electrons. The van der Waals surface area contributed by atoms with Gasteiger partial charge in [0.15, 0.2) is 0 Å². The highest BCUT2D eigenvalue weighted by molar-refractivity contribution is 7.99. The second-order valence-corrected chi connectivity index (χ2v) is 8.11. The molecule has 0 aliphatic rings. The van der Waals surface area contributed by atoms with E-state index in [9.17, 15) is 14.4 Å². The first-order chi connectivity index (χ1) is 14.2. The van der Waals surface area contributed by atoms with Crippen molar-refractivity contribution < 1.29 is 28.6 Å². The highest BCUT2D eigenvalue weighted by Crippen LogP contribution is 2.27. The molecule has 10 heteroatoms. The van der Waals surface area contributed by atoms with Crippen LogP contribution in [0.25, 0.3) is 0 Å². The predicted molar refractivity (Wildman–Crippen MR) is 115 cm³/mol. The Morgan fingerprint density at radius 1 is 1.13 bits per heavy atom. The number of alkyl carbamates (subject to hydrolysis) is 1. The van der Waals surface area contributed by atoms with Crippen LogP contribution in [0.15, 0.2) is 29.3 Å². The lowest BCUT2D eigenvalue weighted by atomic mass is 10.2. The first-order valence-corrected chi connectivity index (χ1v) is 10.3. The number of anilines is 1. The van der Waals surface area contributed by atoms with E-state index in [0.717, 1.165) is 0 Å². The average Bonchev–Trinajstić information content (AvgIpc) is 2.69. The molecule has 1 heterocycles. The molecule has 9 nitrogen and oxygen atoms in total. The number of hydrogen-bond acceptors (Lipinski definition) is 9. The van der Waals surface area contributed by atoms with Gasteiger partial charge < -0.3 is 24.8 Å². The molecule has 0 bridgehead atoms. The van der Waals surface area contributed by atoms with E-state index in [1.54, 1.807) is 32.9 Å². The van der Waals surface area contributed by atoms with Gasteiger partial charge in [0, 0.05) is 25.0 Å². The quantitative estimate of drug-likeness (QED) is 0.246. The number of ether oxygens (including phenoxy) is 3. The van der Waals surface area contributed by atoms with Crippen LogP contribution >= 0.6 is 11.8 Å². The van der Waals surface area contributed by atoms with Gasteiger partial charge in [-0.1, -0.05) is 12.2 Å². The number of aromatic nitrogens is 1. The van der Waals surface area contributed by atoms with Gasteiger partial charge >= 0.3 is 18.0 Å². The van der Waals surface area contributed by atoms with Gasteiger partial charge in [-0.05, 0) is 26.8 Å².